The fourth-order valence-electron chi connectivity index (χ4n) is 3.02. The molecule has 0 atom stereocenters. The van der Waals surface area contributed by atoms with Crippen molar-refractivity contribution in [1.82, 2.24) is 4.90 Å². The van der Waals surface area contributed by atoms with Gasteiger partial charge in [0.05, 0.1) is 11.1 Å². The number of nitriles is 1. The number of rotatable bonds is 3. The quantitative estimate of drug-likeness (QED) is 0.471. The molecular weight excluding hydrogens is 380 g/mol. The zero-order chi connectivity index (χ0) is 19.1. The Morgan fingerprint density at radius 2 is 2.00 bits per heavy atom. The van der Waals surface area contributed by atoms with Gasteiger partial charge in [-0.25, -0.2) is 0 Å². The standard InChI is InChI=1S/C20H14N2O3S2/c1-3-22-19(23)13(11(2)14(10-21)20(22)24)7-12-8-17-18(26-12)9-16(27-17)15-5-4-6-25-15/h4-9H,3H2,1-2H3/b13-7-. The van der Waals surface area contributed by atoms with Crippen LogP contribution in [-0.2, 0) is 9.59 Å². The first-order valence-corrected chi connectivity index (χ1v) is 9.93. The van der Waals surface area contributed by atoms with Gasteiger partial charge in [-0.3, -0.25) is 14.5 Å². The van der Waals surface area contributed by atoms with E-state index in [9.17, 15) is 14.9 Å². The number of amides is 2. The minimum Gasteiger partial charge on any atom is -0.464 e. The zero-order valence-electron chi connectivity index (χ0n) is 14.6. The normalized spacial score (nSPS) is 16.6. The van der Waals surface area contributed by atoms with Gasteiger partial charge in [0.25, 0.3) is 11.8 Å². The molecule has 1 aliphatic rings. The van der Waals surface area contributed by atoms with Crippen molar-refractivity contribution in [2.45, 2.75) is 13.8 Å². The maximum absolute atomic E-state index is 12.7. The maximum Gasteiger partial charge on any atom is 0.271 e. The Morgan fingerprint density at radius 1 is 1.22 bits per heavy atom. The largest absolute Gasteiger partial charge is 0.464 e. The van der Waals surface area contributed by atoms with Gasteiger partial charge in [-0.2, -0.15) is 5.26 Å². The van der Waals surface area contributed by atoms with Crippen LogP contribution in [0.15, 0.2) is 51.7 Å². The van der Waals surface area contributed by atoms with Crippen molar-refractivity contribution in [3.63, 3.8) is 0 Å². The molecule has 0 unspecified atom stereocenters. The molecule has 4 rings (SSSR count). The Balaban J connectivity index is 1.77. The monoisotopic (exact) mass is 394 g/mol. The molecule has 134 valence electrons. The Hall–Kier alpha value is -2.95. The van der Waals surface area contributed by atoms with Crippen LogP contribution >= 0.6 is 22.7 Å². The first-order chi connectivity index (χ1) is 13.0. The lowest BCUT2D eigenvalue weighted by molar-refractivity contribution is -0.140. The molecule has 3 aromatic rings. The summed E-state index contributed by atoms with van der Waals surface area (Å²) in [5, 5.41) is 9.32. The SMILES string of the molecule is CCN1C(=O)C(C#N)=C(C)/C(=C/c2cc3sc(-c4ccco4)cc3s2)C1=O. The topological polar surface area (TPSA) is 74.3 Å². The molecular formula is C20H14N2O3S2. The number of imide groups is 1. The van der Waals surface area contributed by atoms with E-state index in [1.807, 2.05) is 24.3 Å². The average Bonchev–Trinajstić information content (AvgIpc) is 3.35. The summed E-state index contributed by atoms with van der Waals surface area (Å²) in [6, 6.07) is 9.81. The second-order valence-corrected chi connectivity index (χ2v) is 8.19. The summed E-state index contributed by atoms with van der Waals surface area (Å²) in [5.41, 5.74) is 0.861. The van der Waals surface area contributed by atoms with E-state index in [-0.39, 0.29) is 18.0 Å². The molecule has 0 radical (unpaired) electrons. The van der Waals surface area contributed by atoms with Gasteiger partial charge in [0.2, 0.25) is 0 Å². The highest BCUT2D eigenvalue weighted by Gasteiger charge is 2.34. The number of furan rings is 1. The number of carbonyl (C=O) groups excluding carboxylic acids is 2. The zero-order valence-corrected chi connectivity index (χ0v) is 16.2. The molecule has 0 N–H and O–H groups in total. The second-order valence-electron chi connectivity index (χ2n) is 5.99. The first-order valence-electron chi connectivity index (χ1n) is 8.30. The van der Waals surface area contributed by atoms with Crippen LogP contribution in [-0.4, -0.2) is 23.3 Å². The van der Waals surface area contributed by atoms with Crippen molar-refractivity contribution < 1.29 is 14.0 Å². The van der Waals surface area contributed by atoms with Crippen LogP contribution in [0.3, 0.4) is 0 Å². The van der Waals surface area contributed by atoms with E-state index >= 15 is 0 Å². The molecule has 0 bridgehead atoms. The van der Waals surface area contributed by atoms with Gasteiger partial charge in [-0.05, 0) is 49.8 Å². The minimum absolute atomic E-state index is 0.0289. The van der Waals surface area contributed by atoms with Gasteiger partial charge in [0, 0.05) is 26.4 Å². The molecule has 27 heavy (non-hydrogen) atoms. The summed E-state index contributed by atoms with van der Waals surface area (Å²) < 4.78 is 7.65. The smallest absolute Gasteiger partial charge is 0.271 e. The molecule has 1 aliphatic heterocycles. The van der Waals surface area contributed by atoms with Crippen LogP contribution in [0, 0.1) is 11.3 Å². The summed E-state index contributed by atoms with van der Waals surface area (Å²) in [6.45, 7) is 3.61. The molecule has 2 amide bonds. The van der Waals surface area contributed by atoms with Crippen LogP contribution in [0.2, 0.25) is 0 Å². The van der Waals surface area contributed by atoms with Crippen LogP contribution in [0.4, 0.5) is 0 Å². The summed E-state index contributed by atoms with van der Waals surface area (Å²) in [4.78, 5) is 28.0. The van der Waals surface area contributed by atoms with Crippen LogP contribution in [0.1, 0.15) is 18.7 Å². The third kappa shape index (κ3) is 2.83. The van der Waals surface area contributed by atoms with E-state index in [2.05, 4.69) is 6.07 Å². The van der Waals surface area contributed by atoms with Crippen molar-refractivity contribution in [2.24, 2.45) is 0 Å². The molecule has 0 fully saturated rings. The van der Waals surface area contributed by atoms with Gasteiger partial charge in [0.1, 0.15) is 17.4 Å². The average molecular weight is 394 g/mol. The number of likely N-dealkylation sites (N-methyl/N-ethyl adjacent to an activating group) is 1. The number of hydrogen-bond donors (Lipinski definition) is 0. The lowest BCUT2D eigenvalue weighted by Crippen LogP contribution is -2.42. The lowest BCUT2D eigenvalue weighted by atomic mass is 9.95. The highest BCUT2D eigenvalue weighted by Crippen LogP contribution is 2.39. The van der Waals surface area contributed by atoms with Gasteiger partial charge in [-0.15, -0.1) is 22.7 Å². The van der Waals surface area contributed by atoms with Crippen LogP contribution < -0.4 is 0 Å². The Morgan fingerprint density at radius 3 is 2.63 bits per heavy atom. The van der Waals surface area contributed by atoms with E-state index < -0.39 is 5.91 Å². The fraction of sp³-hybridized carbons (Fsp3) is 0.150. The highest BCUT2D eigenvalue weighted by atomic mass is 32.1. The molecule has 0 aliphatic carbocycles. The molecule has 7 heteroatoms. The summed E-state index contributed by atoms with van der Waals surface area (Å²) >= 11 is 3.19. The van der Waals surface area contributed by atoms with E-state index in [0.717, 1.165) is 29.8 Å². The number of nitrogens with zero attached hydrogens (tertiary/aromatic N) is 2. The van der Waals surface area contributed by atoms with Crippen molar-refractivity contribution in [3.8, 4) is 16.7 Å². The van der Waals surface area contributed by atoms with E-state index in [1.165, 1.54) is 0 Å². The summed E-state index contributed by atoms with van der Waals surface area (Å²) in [7, 11) is 0. The maximum atomic E-state index is 12.7. The predicted molar refractivity (Wildman–Crippen MR) is 106 cm³/mol. The van der Waals surface area contributed by atoms with Crippen molar-refractivity contribution >= 4 is 50.0 Å². The minimum atomic E-state index is -0.519. The Labute approximate surface area is 163 Å². The van der Waals surface area contributed by atoms with Crippen molar-refractivity contribution in [1.29, 1.82) is 5.26 Å². The Bertz CT molecular complexity index is 1140. The van der Waals surface area contributed by atoms with E-state index in [0.29, 0.717) is 11.1 Å². The third-order valence-electron chi connectivity index (χ3n) is 4.42. The van der Waals surface area contributed by atoms with Gasteiger partial charge in [-0.1, -0.05) is 0 Å². The highest BCUT2D eigenvalue weighted by molar-refractivity contribution is 7.29. The van der Waals surface area contributed by atoms with E-state index in [1.54, 1.807) is 48.9 Å². The third-order valence-corrected chi connectivity index (χ3v) is 6.67. The second kappa shape index (κ2) is 6.65. The fourth-order valence-corrected chi connectivity index (χ4v) is 5.34. The van der Waals surface area contributed by atoms with E-state index in [4.69, 9.17) is 4.42 Å². The predicted octanol–water partition coefficient (Wildman–Crippen LogP) is 4.83. The number of thiophene rings is 2. The molecule has 3 aromatic heterocycles. The summed E-state index contributed by atoms with van der Waals surface area (Å²) in [6.07, 6.45) is 3.42. The van der Waals surface area contributed by atoms with Crippen molar-refractivity contribution in [3.05, 3.63) is 52.1 Å². The van der Waals surface area contributed by atoms with Crippen molar-refractivity contribution in [2.75, 3.05) is 6.54 Å². The first kappa shape index (κ1) is 17.5. The number of hydrogen-bond acceptors (Lipinski definition) is 6. The molecule has 0 aromatic carbocycles. The van der Waals surface area contributed by atoms with Gasteiger partial charge >= 0.3 is 0 Å². The van der Waals surface area contributed by atoms with Crippen LogP contribution in [0.5, 0.6) is 0 Å². The molecule has 0 saturated heterocycles. The molecule has 4 heterocycles. The molecule has 0 saturated carbocycles. The lowest BCUT2D eigenvalue weighted by Gasteiger charge is -2.26. The van der Waals surface area contributed by atoms with Gasteiger partial charge in [0.15, 0.2) is 0 Å². The van der Waals surface area contributed by atoms with Crippen LogP contribution in [0.25, 0.3) is 26.1 Å². The number of carbonyl (C=O) groups is 2. The Kier molecular flexibility index (Phi) is 4.30. The number of fused-ring (bicyclic) bond motifs is 1. The molecule has 0 spiro atoms. The van der Waals surface area contributed by atoms with Gasteiger partial charge < -0.3 is 4.42 Å². The summed E-state index contributed by atoms with van der Waals surface area (Å²) in [5.74, 6) is -0.0396. The molecule has 5 nitrogen and oxygen atoms in total.